The highest BCUT2D eigenvalue weighted by Gasteiger charge is 2.37. The number of carbonyl (C=O) groups excluding carboxylic acids is 1. The molecule has 1 aromatic rings. The lowest BCUT2D eigenvalue weighted by Gasteiger charge is -2.45. The number of benzene rings is 1. The average molecular weight is 359 g/mol. The molecular weight excluding hydrogens is 320 g/mol. The zero-order chi connectivity index (χ0) is 19.0. The van der Waals surface area contributed by atoms with Crippen molar-refractivity contribution >= 4 is 11.6 Å². The lowest BCUT2D eigenvalue weighted by Crippen LogP contribution is -2.47. The molecule has 1 N–H and O–H groups in total. The van der Waals surface area contributed by atoms with Gasteiger partial charge in [0.1, 0.15) is 0 Å². The van der Waals surface area contributed by atoms with E-state index in [2.05, 4.69) is 49.2 Å². The summed E-state index contributed by atoms with van der Waals surface area (Å²) in [6, 6.07) is 8.53. The molecule has 1 fully saturated rings. The second-order valence-electron chi connectivity index (χ2n) is 8.31. The molecular formula is C23H38N2O. The normalized spacial score (nSPS) is 23.8. The molecule has 1 amide bonds. The number of anilines is 1. The van der Waals surface area contributed by atoms with Crippen LogP contribution in [0.3, 0.4) is 0 Å². The predicted octanol–water partition coefficient (Wildman–Crippen LogP) is 5.61. The lowest BCUT2D eigenvalue weighted by atomic mass is 9.68. The number of hydrogen-bond acceptors (Lipinski definition) is 2. The summed E-state index contributed by atoms with van der Waals surface area (Å²) in [5.41, 5.74) is 2.49. The Morgan fingerprint density at radius 1 is 1.23 bits per heavy atom. The number of piperidine rings is 1. The number of amides is 1. The van der Waals surface area contributed by atoms with Gasteiger partial charge in [0.25, 0.3) is 0 Å². The first-order chi connectivity index (χ1) is 12.5. The molecule has 3 heteroatoms. The Labute approximate surface area is 160 Å². The van der Waals surface area contributed by atoms with E-state index in [1.807, 2.05) is 13.0 Å². The van der Waals surface area contributed by atoms with Crippen LogP contribution in [0.25, 0.3) is 0 Å². The van der Waals surface area contributed by atoms with E-state index >= 15 is 0 Å². The van der Waals surface area contributed by atoms with Crippen LogP contribution in [0, 0.1) is 5.92 Å². The second kappa shape index (κ2) is 10.1. The number of unbranched alkanes of at least 4 members (excludes halogenated alkanes) is 3. The van der Waals surface area contributed by atoms with Gasteiger partial charge in [-0.05, 0) is 61.4 Å². The molecule has 0 aromatic heterocycles. The molecule has 26 heavy (non-hydrogen) atoms. The molecule has 3 nitrogen and oxygen atoms in total. The van der Waals surface area contributed by atoms with Crippen molar-refractivity contribution in [3.05, 3.63) is 29.8 Å². The highest BCUT2D eigenvalue weighted by Crippen LogP contribution is 2.40. The third-order valence-corrected chi connectivity index (χ3v) is 6.18. The van der Waals surface area contributed by atoms with Gasteiger partial charge in [0.05, 0.1) is 0 Å². The monoisotopic (exact) mass is 358 g/mol. The van der Waals surface area contributed by atoms with Crippen LogP contribution < -0.4 is 5.32 Å². The summed E-state index contributed by atoms with van der Waals surface area (Å²) in [5, 5.41) is 3.05. The highest BCUT2D eigenvalue weighted by atomic mass is 16.1. The minimum Gasteiger partial charge on any atom is -0.326 e. The minimum atomic E-state index is 0.116. The highest BCUT2D eigenvalue weighted by molar-refractivity contribution is 5.90. The Morgan fingerprint density at radius 3 is 2.73 bits per heavy atom. The minimum absolute atomic E-state index is 0.116. The van der Waals surface area contributed by atoms with Gasteiger partial charge in [-0.2, -0.15) is 0 Å². The molecule has 1 saturated heterocycles. The third-order valence-electron chi connectivity index (χ3n) is 6.18. The molecule has 2 unspecified atom stereocenters. The van der Waals surface area contributed by atoms with Crippen molar-refractivity contribution in [2.75, 3.05) is 25.0 Å². The summed E-state index contributed by atoms with van der Waals surface area (Å²) in [6.45, 7) is 12.7. The molecule has 0 spiro atoms. The van der Waals surface area contributed by atoms with Gasteiger partial charge in [-0.1, -0.05) is 59.1 Å². The molecule has 1 aromatic carbocycles. The second-order valence-corrected chi connectivity index (χ2v) is 8.31. The topological polar surface area (TPSA) is 32.3 Å². The van der Waals surface area contributed by atoms with Crippen LogP contribution in [0.1, 0.15) is 78.2 Å². The summed E-state index contributed by atoms with van der Waals surface area (Å²) in [6.07, 6.45) is 8.01. The van der Waals surface area contributed by atoms with E-state index in [0.717, 1.165) is 12.1 Å². The van der Waals surface area contributed by atoms with Crippen molar-refractivity contribution in [2.24, 2.45) is 5.92 Å². The van der Waals surface area contributed by atoms with Crippen molar-refractivity contribution in [3.8, 4) is 0 Å². The average Bonchev–Trinajstić information content (AvgIpc) is 2.62. The quantitative estimate of drug-likeness (QED) is 0.582. The summed E-state index contributed by atoms with van der Waals surface area (Å²) < 4.78 is 0. The van der Waals surface area contributed by atoms with Gasteiger partial charge in [0.15, 0.2) is 0 Å². The molecule has 0 bridgehead atoms. The van der Waals surface area contributed by atoms with Gasteiger partial charge < -0.3 is 10.2 Å². The summed E-state index contributed by atoms with van der Waals surface area (Å²) >= 11 is 0. The lowest BCUT2D eigenvalue weighted by molar-refractivity contribution is -0.116. The Hall–Kier alpha value is -1.35. The molecule has 0 aliphatic carbocycles. The summed E-state index contributed by atoms with van der Waals surface area (Å²) in [7, 11) is 0. The van der Waals surface area contributed by atoms with E-state index in [1.165, 1.54) is 57.3 Å². The van der Waals surface area contributed by atoms with E-state index in [4.69, 9.17) is 0 Å². The number of nitrogens with zero attached hydrogens (tertiary/aromatic N) is 1. The zero-order valence-corrected chi connectivity index (χ0v) is 17.3. The van der Waals surface area contributed by atoms with Crippen molar-refractivity contribution in [1.82, 2.24) is 4.90 Å². The fourth-order valence-corrected chi connectivity index (χ4v) is 4.11. The van der Waals surface area contributed by atoms with Gasteiger partial charge in [-0.3, -0.25) is 4.79 Å². The molecule has 0 saturated carbocycles. The predicted molar refractivity (Wildman–Crippen MR) is 112 cm³/mol. The Balaban J connectivity index is 1.98. The van der Waals surface area contributed by atoms with Gasteiger partial charge in [-0.25, -0.2) is 0 Å². The fraction of sp³-hybridized carbons (Fsp3) is 0.696. The van der Waals surface area contributed by atoms with Crippen LogP contribution in [0.5, 0.6) is 0 Å². The SMILES string of the molecule is CCCCCCN1CCC(C)(c2cccc(NC(=O)CCC)c2)C(C)C1. The van der Waals surface area contributed by atoms with E-state index < -0.39 is 0 Å². The largest absolute Gasteiger partial charge is 0.326 e. The Bertz CT molecular complexity index is 571. The first kappa shape index (κ1) is 21.0. The number of nitrogens with one attached hydrogen (secondary N) is 1. The summed E-state index contributed by atoms with van der Waals surface area (Å²) in [5.74, 6) is 0.730. The summed E-state index contributed by atoms with van der Waals surface area (Å²) in [4.78, 5) is 14.6. The molecule has 2 rings (SSSR count). The standard InChI is InChI=1S/C23H38N2O/c1-5-7-8-9-15-25-16-14-23(4,19(3)18-25)20-12-10-13-21(17-20)24-22(26)11-6-2/h10,12-13,17,19H,5-9,11,14-16,18H2,1-4H3,(H,24,26). The van der Waals surface area contributed by atoms with Crippen LogP contribution in [0.15, 0.2) is 24.3 Å². The number of rotatable bonds is 9. The maximum absolute atomic E-state index is 11.9. The molecule has 1 aliphatic rings. The Kier molecular flexibility index (Phi) is 8.15. The third kappa shape index (κ3) is 5.57. The molecule has 0 radical (unpaired) electrons. The van der Waals surface area contributed by atoms with Crippen molar-refractivity contribution in [3.63, 3.8) is 0 Å². The van der Waals surface area contributed by atoms with Gasteiger partial charge >= 0.3 is 0 Å². The Morgan fingerprint density at radius 2 is 2.04 bits per heavy atom. The smallest absolute Gasteiger partial charge is 0.224 e. The van der Waals surface area contributed by atoms with E-state index in [-0.39, 0.29) is 11.3 Å². The first-order valence-electron chi connectivity index (χ1n) is 10.6. The van der Waals surface area contributed by atoms with Crippen molar-refractivity contribution in [2.45, 2.75) is 78.1 Å². The van der Waals surface area contributed by atoms with E-state index in [0.29, 0.717) is 12.3 Å². The first-order valence-corrected chi connectivity index (χ1v) is 10.6. The zero-order valence-electron chi connectivity index (χ0n) is 17.3. The van der Waals surface area contributed by atoms with Crippen LogP contribution in [0.4, 0.5) is 5.69 Å². The maximum atomic E-state index is 11.9. The molecule has 1 aliphatic heterocycles. The number of carbonyl (C=O) groups is 1. The number of hydrogen-bond donors (Lipinski definition) is 1. The maximum Gasteiger partial charge on any atom is 0.224 e. The van der Waals surface area contributed by atoms with Gasteiger partial charge in [0, 0.05) is 18.7 Å². The van der Waals surface area contributed by atoms with Crippen LogP contribution in [-0.2, 0) is 10.2 Å². The van der Waals surface area contributed by atoms with Crippen LogP contribution in [-0.4, -0.2) is 30.4 Å². The molecule has 146 valence electrons. The van der Waals surface area contributed by atoms with Crippen LogP contribution >= 0.6 is 0 Å². The van der Waals surface area contributed by atoms with Crippen molar-refractivity contribution < 1.29 is 4.79 Å². The molecule has 2 atom stereocenters. The number of likely N-dealkylation sites (tertiary alicyclic amines) is 1. The van der Waals surface area contributed by atoms with E-state index in [9.17, 15) is 4.79 Å². The fourth-order valence-electron chi connectivity index (χ4n) is 4.11. The van der Waals surface area contributed by atoms with Gasteiger partial charge in [-0.15, -0.1) is 0 Å². The molecule has 1 heterocycles. The van der Waals surface area contributed by atoms with E-state index in [1.54, 1.807) is 0 Å². The van der Waals surface area contributed by atoms with Crippen molar-refractivity contribution in [1.29, 1.82) is 0 Å². The van der Waals surface area contributed by atoms with Gasteiger partial charge in [0.2, 0.25) is 5.91 Å². The van der Waals surface area contributed by atoms with Crippen LogP contribution in [0.2, 0.25) is 0 Å².